The second-order valence-corrected chi connectivity index (χ2v) is 12.5. The monoisotopic (exact) mass is 834 g/mol. The molecule has 0 aliphatic rings. The zero-order chi connectivity index (χ0) is 42.8. The summed E-state index contributed by atoms with van der Waals surface area (Å²) in [5, 5.41) is 83.2. The number of carboxylic acid groups (broad SMARTS) is 2. The first-order valence-electron chi connectivity index (χ1n) is 17.0. The third-order valence-corrected chi connectivity index (χ3v) is 7.90. The van der Waals surface area contributed by atoms with Gasteiger partial charge in [0.2, 0.25) is 0 Å². The third-order valence-electron chi connectivity index (χ3n) is 7.90. The van der Waals surface area contributed by atoms with Crippen molar-refractivity contribution in [3.8, 4) is 11.1 Å². The van der Waals surface area contributed by atoms with Crippen LogP contribution in [0.25, 0.3) is 11.1 Å². The molecule has 0 radical (unpaired) electrons. The van der Waals surface area contributed by atoms with E-state index in [1.165, 1.54) is 38.1 Å². The minimum atomic E-state index is -1.37. The number of allylic oxidation sites excluding steroid dienone is 2. The van der Waals surface area contributed by atoms with Crippen molar-refractivity contribution in [2.45, 2.75) is 41.5 Å². The largest absolute Gasteiger partial charge is 1.00 e. The first kappa shape index (κ1) is 50.1. The molecule has 20 heteroatoms. The number of carboxylic acids is 2. The summed E-state index contributed by atoms with van der Waals surface area (Å²) in [5.41, 5.74) is 1.50. The maximum absolute atomic E-state index is 13.1. The molecule has 0 bridgehead atoms. The summed E-state index contributed by atoms with van der Waals surface area (Å²) in [4.78, 5) is 57.5. The standard InChI is InChI=1S/C40H38N8O10.2Na/c1-19-15-25(7-11-31(19)43-37(53)35(21(3)49)47-45-33-13-9-27(41-23(5)51)17-29(33)39(55)56)26-8-12-32(20(2)16-26)44-38(54)36(22(4)50)48-46-34-14-10-28(42-24(6)52)18-30(34)40(57)58;;/h7-18,49-50H,1-6H3,(H,41,51)(H,42,52)(H,43,53)(H,44,54)(H,55,56)(H,57,58);;/q;2*+1/p-2/b35-21-,36-22+,47-45?,48-46?;;. The molecule has 0 aromatic heterocycles. The molecule has 6 N–H and O–H groups in total. The molecule has 0 saturated carbocycles. The smallest absolute Gasteiger partial charge is 0.874 e. The molecule has 4 rings (SSSR count). The summed E-state index contributed by atoms with van der Waals surface area (Å²) in [5.74, 6) is -6.56. The minimum absolute atomic E-state index is 0. The number of azo groups is 2. The van der Waals surface area contributed by atoms with E-state index in [0.717, 1.165) is 37.1 Å². The number of aryl methyl sites for hydroxylation is 2. The van der Waals surface area contributed by atoms with Crippen molar-refractivity contribution < 1.29 is 109 Å². The van der Waals surface area contributed by atoms with Crippen LogP contribution in [0.4, 0.5) is 34.1 Å². The van der Waals surface area contributed by atoms with Gasteiger partial charge in [-0.1, -0.05) is 26.0 Å². The molecule has 60 heavy (non-hydrogen) atoms. The van der Waals surface area contributed by atoms with Gasteiger partial charge in [0.25, 0.3) is 11.8 Å². The SMILES string of the molecule is CC(O)=Nc1ccc(N=N/C(C(=O)Nc2ccc(-c3ccc(NC(=O)/C(N=Nc4ccc(N=C(C)O)cc4C(=O)O)=C(/C)[O-])c(C)c3)cc2C)=C(/C)[O-])c(C(=O)O)c1.[Na+].[Na+]. The number of aliphatic hydroxyl groups excluding tert-OH is 2. The first-order valence-corrected chi connectivity index (χ1v) is 17.0. The van der Waals surface area contributed by atoms with Crippen molar-refractivity contribution >= 4 is 69.7 Å². The summed E-state index contributed by atoms with van der Waals surface area (Å²) in [6.45, 7) is 8.28. The molecular formula is C40H36N8Na2O10. The van der Waals surface area contributed by atoms with E-state index in [9.17, 15) is 49.8 Å². The van der Waals surface area contributed by atoms with Crippen molar-refractivity contribution in [2.75, 3.05) is 10.6 Å². The number of rotatable bonds is 13. The third kappa shape index (κ3) is 13.5. The number of anilines is 2. The van der Waals surface area contributed by atoms with Gasteiger partial charge in [-0.2, -0.15) is 0 Å². The van der Waals surface area contributed by atoms with Gasteiger partial charge < -0.3 is 41.3 Å². The van der Waals surface area contributed by atoms with E-state index in [2.05, 4.69) is 41.1 Å². The Bertz CT molecular complexity index is 2340. The van der Waals surface area contributed by atoms with Crippen LogP contribution in [0.3, 0.4) is 0 Å². The van der Waals surface area contributed by atoms with Crippen LogP contribution in [0.2, 0.25) is 0 Å². The number of aromatic carboxylic acids is 2. The maximum atomic E-state index is 13.1. The van der Waals surface area contributed by atoms with Crippen molar-refractivity contribution in [2.24, 2.45) is 30.4 Å². The Balaban J connectivity index is 0.00000620. The summed E-state index contributed by atoms with van der Waals surface area (Å²) in [7, 11) is 0. The van der Waals surface area contributed by atoms with Gasteiger partial charge in [0.15, 0.2) is 11.8 Å². The van der Waals surface area contributed by atoms with Crippen LogP contribution in [0.1, 0.15) is 59.5 Å². The summed E-state index contributed by atoms with van der Waals surface area (Å²) in [6, 6.07) is 17.8. The molecule has 0 heterocycles. The fourth-order valence-electron chi connectivity index (χ4n) is 5.17. The molecular weight excluding hydrogens is 798 g/mol. The van der Waals surface area contributed by atoms with Crippen molar-refractivity contribution in [1.82, 2.24) is 0 Å². The Morgan fingerprint density at radius 1 is 0.533 bits per heavy atom. The number of hydrogen-bond donors (Lipinski definition) is 6. The molecule has 0 unspecified atom stereocenters. The predicted molar refractivity (Wildman–Crippen MR) is 211 cm³/mol. The average Bonchev–Trinajstić information content (AvgIpc) is 3.13. The second kappa shape index (κ2) is 22.4. The van der Waals surface area contributed by atoms with Crippen LogP contribution < -0.4 is 80.0 Å². The van der Waals surface area contributed by atoms with Gasteiger partial charge >= 0.3 is 71.1 Å². The van der Waals surface area contributed by atoms with Crippen molar-refractivity contribution in [3.63, 3.8) is 0 Å². The van der Waals surface area contributed by atoms with E-state index in [0.29, 0.717) is 22.5 Å². The molecule has 0 atom stereocenters. The molecule has 298 valence electrons. The molecule has 18 nitrogen and oxygen atoms in total. The van der Waals surface area contributed by atoms with E-state index in [1.807, 2.05) is 0 Å². The number of carbonyl (C=O) groups excluding carboxylic acids is 2. The van der Waals surface area contributed by atoms with Gasteiger partial charge in [-0.3, -0.25) is 9.59 Å². The number of amides is 2. The van der Waals surface area contributed by atoms with Crippen molar-refractivity contribution in [3.05, 3.63) is 118 Å². The Labute approximate surface area is 387 Å². The van der Waals surface area contributed by atoms with E-state index < -0.39 is 46.7 Å². The van der Waals surface area contributed by atoms with Gasteiger partial charge in [0.05, 0.1) is 22.5 Å². The molecule has 0 spiro atoms. The predicted octanol–water partition coefficient (Wildman–Crippen LogP) is 1.22. The van der Waals surface area contributed by atoms with E-state index in [-0.39, 0.29) is 105 Å². The zero-order valence-electron chi connectivity index (χ0n) is 33.8. The quantitative estimate of drug-likeness (QED) is 0.0280. The van der Waals surface area contributed by atoms with Gasteiger partial charge in [0, 0.05) is 25.2 Å². The second-order valence-electron chi connectivity index (χ2n) is 12.5. The number of hydrogen-bond acceptors (Lipinski definition) is 12. The Morgan fingerprint density at radius 3 is 1.17 bits per heavy atom. The van der Waals surface area contributed by atoms with Gasteiger partial charge in [-0.25, -0.2) is 19.6 Å². The van der Waals surface area contributed by atoms with E-state index in [4.69, 9.17) is 0 Å². The molecule has 0 aliphatic heterocycles. The topological polar surface area (TPSA) is 294 Å². The van der Waals surface area contributed by atoms with E-state index in [1.54, 1.807) is 50.2 Å². The van der Waals surface area contributed by atoms with Crippen molar-refractivity contribution in [1.29, 1.82) is 0 Å². The molecule has 4 aromatic rings. The van der Waals surface area contributed by atoms with Crippen LogP contribution in [0.15, 0.2) is 126 Å². The van der Waals surface area contributed by atoms with Crippen LogP contribution in [-0.2, 0) is 9.59 Å². The number of nitrogens with zero attached hydrogens (tertiary/aromatic N) is 6. The van der Waals surface area contributed by atoms with Crippen LogP contribution >= 0.6 is 0 Å². The summed E-state index contributed by atoms with van der Waals surface area (Å²) >= 11 is 0. The molecule has 0 aliphatic carbocycles. The Hall–Kier alpha value is -6.02. The Morgan fingerprint density at radius 2 is 0.883 bits per heavy atom. The van der Waals surface area contributed by atoms with Gasteiger partial charge in [0.1, 0.15) is 22.8 Å². The zero-order valence-corrected chi connectivity index (χ0v) is 37.8. The van der Waals surface area contributed by atoms with Crippen LogP contribution in [-0.4, -0.2) is 56.0 Å². The maximum Gasteiger partial charge on any atom is 1.00 e. The number of aliphatic hydroxyl groups is 2. The average molecular weight is 835 g/mol. The normalized spacial score (nSPS) is 12.5. The molecule has 0 saturated heterocycles. The number of benzene rings is 4. The van der Waals surface area contributed by atoms with Gasteiger partial charge in [-0.15, -0.1) is 32.0 Å². The minimum Gasteiger partial charge on any atom is -0.874 e. The summed E-state index contributed by atoms with van der Waals surface area (Å²) < 4.78 is 0. The molecule has 0 fully saturated rings. The Kier molecular flexibility index (Phi) is 18.7. The summed E-state index contributed by atoms with van der Waals surface area (Å²) in [6.07, 6.45) is 0. The fraction of sp³-hybridized carbons (Fsp3) is 0.150. The van der Waals surface area contributed by atoms with Crippen LogP contribution in [0, 0.1) is 13.8 Å². The number of carbonyl (C=O) groups is 4. The first-order chi connectivity index (χ1) is 27.3. The van der Waals surface area contributed by atoms with Gasteiger partial charge in [-0.05, 0) is 96.8 Å². The van der Waals surface area contributed by atoms with E-state index >= 15 is 0 Å². The van der Waals surface area contributed by atoms with Crippen LogP contribution in [0.5, 0.6) is 0 Å². The molecule has 4 aromatic carbocycles. The number of aliphatic imine (C=N–C) groups is 2. The molecule has 2 amide bonds. The number of nitrogens with one attached hydrogen (secondary N) is 2. The fourth-order valence-corrected chi connectivity index (χ4v) is 5.17.